The minimum Gasteiger partial charge on any atom is -0.480 e. The third-order valence-electron chi connectivity index (χ3n) is 2.29. The minimum atomic E-state index is -1.14. The molecule has 0 aliphatic carbocycles. The zero-order valence-corrected chi connectivity index (χ0v) is 10.2. The van der Waals surface area contributed by atoms with E-state index >= 15 is 0 Å². The molecule has 0 bridgehead atoms. The Morgan fingerprint density at radius 3 is 2.94 bits per heavy atom. The minimum absolute atomic E-state index is 0.144. The van der Waals surface area contributed by atoms with Gasteiger partial charge in [0.1, 0.15) is 12.1 Å². The van der Waals surface area contributed by atoms with Crippen LogP contribution in [0.1, 0.15) is 10.4 Å². The summed E-state index contributed by atoms with van der Waals surface area (Å²) >= 11 is 1.27. The van der Waals surface area contributed by atoms with Crippen molar-refractivity contribution in [1.82, 2.24) is 14.3 Å². The molecule has 2 aromatic heterocycles. The summed E-state index contributed by atoms with van der Waals surface area (Å²) in [6.45, 7) is -0.468. The van der Waals surface area contributed by atoms with Crippen LogP contribution in [-0.4, -0.2) is 44.9 Å². The number of hydrogen-bond donors (Lipinski definition) is 1. The van der Waals surface area contributed by atoms with E-state index in [0.717, 1.165) is 4.90 Å². The number of aliphatic carboxylic acids is 1. The molecule has 18 heavy (non-hydrogen) atoms. The first-order valence-corrected chi connectivity index (χ1v) is 5.81. The van der Waals surface area contributed by atoms with E-state index in [-0.39, 0.29) is 5.56 Å². The Kier molecular flexibility index (Phi) is 3.11. The van der Waals surface area contributed by atoms with Gasteiger partial charge in [0.15, 0.2) is 4.96 Å². The van der Waals surface area contributed by atoms with Crippen molar-refractivity contribution in [3.63, 3.8) is 0 Å². The van der Waals surface area contributed by atoms with Gasteiger partial charge in [-0.15, -0.1) is 11.3 Å². The van der Waals surface area contributed by atoms with Crippen LogP contribution >= 0.6 is 11.3 Å². The van der Waals surface area contributed by atoms with E-state index < -0.39 is 24.0 Å². The quantitative estimate of drug-likeness (QED) is 0.839. The number of rotatable bonds is 3. The Hall–Kier alpha value is -2.22. The number of carboxylic acid groups (broad SMARTS) is 1. The smallest absolute Gasteiger partial charge is 0.323 e. The molecule has 0 saturated heterocycles. The first-order chi connectivity index (χ1) is 8.50. The molecule has 1 N–H and O–H groups in total. The van der Waals surface area contributed by atoms with Gasteiger partial charge in [0.25, 0.3) is 11.5 Å². The summed E-state index contributed by atoms with van der Waals surface area (Å²) in [6, 6.07) is 0. The second-order valence-electron chi connectivity index (χ2n) is 3.59. The summed E-state index contributed by atoms with van der Waals surface area (Å²) in [6.07, 6.45) is 2.69. The van der Waals surface area contributed by atoms with Crippen LogP contribution in [0.3, 0.4) is 0 Å². The molecule has 0 spiro atoms. The molecule has 0 fully saturated rings. The summed E-state index contributed by atoms with van der Waals surface area (Å²) in [4.78, 5) is 39.8. The molecular formula is C10H9N3O4S. The fraction of sp³-hybridized carbons (Fsp3) is 0.200. The van der Waals surface area contributed by atoms with Crippen LogP contribution in [0.2, 0.25) is 0 Å². The molecule has 0 aliphatic rings. The van der Waals surface area contributed by atoms with Gasteiger partial charge in [-0.3, -0.25) is 18.8 Å². The van der Waals surface area contributed by atoms with Crippen LogP contribution in [-0.2, 0) is 4.79 Å². The number of carbonyl (C=O) groups is 2. The number of carbonyl (C=O) groups excluding carboxylic acids is 1. The molecule has 7 nitrogen and oxygen atoms in total. The molecule has 2 rings (SSSR count). The maximum Gasteiger partial charge on any atom is 0.323 e. The highest BCUT2D eigenvalue weighted by Gasteiger charge is 2.19. The fourth-order valence-electron chi connectivity index (χ4n) is 1.45. The largest absolute Gasteiger partial charge is 0.480 e. The number of nitrogens with zero attached hydrogens (tertiary/aromatic N) is 3. The van der Waals surface area contributed by atoms with E-state index in [1.54, 1.807) is 5.38 Å². The monoisotopic (exact) mass is 267 g/mol. The maximum absolute atomic E-state index is 12.0. The molecule has 8 heteroatoms. The van der Waals surface area contributed by atoms with Crippen molar-refractivity contribution in [2.75, 3.05) is 13.6 Å². The van der Waals surface area contributed by atoms with Gasteiger partial charge in [-0.2, -0.15) is 0 Å². The molecule has 0 aromatic carbocycles. The Balaban J connectivity index is 2.42. The van der Waals surface area contributed by atoms with Crippen molar-refractivity contribution < 1.29 is 14.7 Å². The molecule has 0 saturated carbocycles. The summed E-state index contributed by atoms with van der Waals surface area (Å²) in [5, 5.41) is 10.3. The lowest BCUT2D eigenvalue weighted by atomic mass is 10.3. The average molecular weight is 267 g/mol. The van der Waals surface area contributed by atoms with E-state index in [2.05, 4.69) is 4.98 Å². The number of amides is 1. The molecule has 94 valence electrons. The zero-order chi connectivity index (χ0) is 13.3. The van der Waals surface area contributed by atoms with Crippen LogP contribution in [0.4, 0.5) is 0 Å². The number of carboxylic acids is 1. The molecule has 0 aliphatic heterocycles. The van der Waals surface area contributed by atoms with Crippen molar-refractivity contribution in [2.24, 2.45) is 0 Å². The topological polar surface area (TPSA) is 92.0 Å². The van der Waals surface area contributed by atoms with Gasteiger partial charge < -0.3 is 10.0 Å². The second-order valence-corrected chi connectivity index (χ2v) is 4.46. The lowest BCUT2D eigenvalue weighted by Gasteiger charge is -2.13. The van der Waals surface area contributed by atoms with Crippen molar-refractivity contribution in [1.29, 1.82) is 0 Å². The molecule has 0 unspecified atom stereocenters. The molecule has 1 amide bonds. The van der Waals surface area contributed by atoms with Gasteiger partial charge in [-0.05, 0) is 0 Å². The Labute approximate surface area is 105 Å². The molecule has 2 heterocycles. The zero-order valence-electron chi connectivity index (χ0n) is 9.36. The van der Waals surface area contributed by atoms with E-state index in [4.69, 9.17) is 5.11 Å². The molecular weight excluding hydrogens is 258 g/mol. The summed E-state index contributed by atoms with van der Waals surface area (Å²) in [5.74, 6) is -1.80. The third kappa shape index (κ3) is 2.09. The van der Waals surface area contributed by atoms with Crippen molar-refractivity contribution >= 4 is 28.2 Å². The van der Waals surface area contributed by atoms with Gasteiger partial charge in [-0.1, -0.05) is 0 Å². The SMILES string of the molecule is CN(CC(=O)O)C(=O)c1cnc2sccn2c1=O. The van der Waals surface area contributed by atoms with E-state index in [9.17, 15) is 14.4 Å². The van der Waals surface area contributed by atoms with Crippen LogP contribution in [0.5, 0.6) is 0 Å². The lowest BCUT2D eigenvalue weighted by Crippen LogP contribution is -2.36. The van der Waals surface area contributed by atoms with Gasteiger partial charge in [0.05, 0.1) is 0 Å². The van der Waals surface area contributed by atoms with Crippen molar-refractivity contribution in [3.05, 3.63) is 33.7 Å². The predicted octanol–water partition coefficient (Wildman–Crippen LogP) is -0.0874. The van der Waals surface area contributed by atoms with E-state index in [1.165, 1.54) is 35.2 Å². The summed E-state index contributed by atoms with van der Waals surface area (Å²) < 4.78 is 1.26. The van der Waals surface area contributed by atoms with Crippen LogP contribution in [0, 0.1) is 0 Å². The number of likely N-dealkylation sites (N-methyl/N-ethyl adjacent to an activating group) is 1. The van der Waals surface area contributed by atoms with E-state index in [1.807, 2.05) is 0 Å². The number of thiazole rings is 1. The third-order valence-corrected chi connectivity index (χ3v) is 3.06. The van der Waals surface area contributed by atoms with Gasteiger partial charge >= 0.3 is 5.97 Å². The number of aromatic nitrogens is 2. The Morgan fingerprint density at radius 2 is 2.28 bits per heavy atom. The van der Waals surface area contributed by atoms with E-state index in [0.29, 0.717) is 4.96 Å². The average Bonchev–Trinajstić information content (AvgIpc) is 2.76. The highest BCUT2D eigenvalue weighted by molar-refractivity contribution is 7.15. The highest BCUT2D eigenvalue weighted by atomic mass is 32.1. The highest BCUT2D eigenvalue weighted by Crippen LogP contribution is 2.06. The van der Waals surface area contributed by atoms with Crippen molar-refractivity contribution in [3.8, 4) is 0 Å². The number of fused-ring (bicyclic) bond motifs is 1. The van der Waals surface area contributed by atoms with Crippen LogP contribution in [0.25, 0.3) is 4.96 Å². The molecule has 2 aromatic rings. The maximum atomic E-state index is 12.0. The first kappa shape index (κ1) is 12.2. The molecule has 0 radical (unpaired) electrons. The fourth-order valence-corrected chi connectivity index (χ4v) is 2.13. The first-order valence-electron chi connectivity index (χ1n) is 4.93. The second kappa shape index (κ2) is 4.57. The van der Waals surface area contributed by atoms with Crippen LogP contribution < -0.4 is 5.56 Å². The summed E-state index contributed by atoms with van der Waals surface area (Å²) in [5.41, 5.74) is -0.641. The van der Waals surface area contributed by atoms with Gasteiger partial charge in [-0.25, -0.2) is 4.98 Å². The van der Waals surface area contributed by atoms with Crippen molar-refractivity contribution in [2.45, 2.75) is 0 Å². The normalized spacial score (nSPS) is 10.5. The summed E-state index contributed by atoms with van der Waals surface area (Å²) in [7, 11) is 1.32. The molecule has 0 atom stereocenters. The Morgan fingerprint density at radius 1 is 1.56 bits per heavy atom. The van der Waals surface area contributed by atoms with Crippen LogP contribution in [0.15, 0.2) is 22.6 Å². The Bertz CT molecular complexity index is 675. The lowest BCUT2D eigenvalue weighted by molar-refractivity contribution is -0.137. The van der Waals surface area contributed by atoms with Gasteiger partial charge in [0, 0.05) is 24.8 Å². The standard InChI is InChI=1S/C10H9N3O4S/c1-12(5-7(14)15)8(16)6-4-11-10-13(9(6)17)2-3-18-10/h2-4H,5H2,1H3,(H,14,15). The predicted molar refractivity (Wildman–Crippen MR) is 63.9 cm³/mol. The number of hydrogen-bond acceptors (Lipinski definition) is 5. The van der Waals surface area contributed by atoms with Gasteiger partial charge in [0.2, 0.25) is 0 Å².